The molecule has 1 atom stereocenters. The van der Waals surface area contributed by atoms with Gasteiger partial charge in [0.2, 0.25) is 0 Å². The van der Waals surface area contributed by atoms with Crippen LogP contribution < -0.4 is 10.5 Å². The van der Waals surface area contributed by atoms with Gasteiger partial charge in [-0.2, -0.15) is 13.2 Å². The minimum absolute atomic E-state index is 0.0204. The van der Waals surface area contributed by atoms with E-state index in [2.05, 4.69) is 11.8 Å². The number of morpholine rings is 1. The number of alkyl halides is 3. The van der Waals surface area contributed by atoms with Gasteiger partial charge < -0.3 is 15.2 Å². The van der Waals surface area contributed by atoms with Crippen molar-refractivity contribution in [3.8, 4) is 5.75 Å². The molecule has 0 amide bonds. The maximum absolute atomic E-state index is 12.5. The highest BCUT2D eigenvalue weighted by Gasteiger charge is 2.31. The van der Waals surface area contributed by atoms with E-state index in [9.17, 15) is 13.2 Å². The molecule has 1 fully saturated rings. The van der Waals surface area contributed by atoms with Gasteiger partial charge in [0.15, 0.2) is 0 Å². The molecule has 4 nitrogen and oxygen atoms in total. The van der Waals surface area contributed by atoms with Gasteiger partial charge in [0.05, 0.1) is 17.9 Å². The van der Waals surface area contributed by atoms with Crippen LogP contribution >= 0.6 is 0 Å². The standard InChI is InChI=1S/C14H19F3N2O2/c1-2-19-5-6-20-11(8-19)9-21-13-4-3-10(7-12(13)18)14(15,16)17/h3-4,7,11H,2,5-6,8-9,18H2,1H3. The number of hydrogen-bond acceptors (Lipinski definition) is 4. The van der Waals surface area contributed by atoms with Gasteiger partial charge in [-0.1, -0.05) is 6.92 Å². The Morgan fingerprint density at radius 1 is 1.43 bits per heavy atom. The van der Waals surface area contributed by atoms with Gasteiger partial charge in [-0.25, -0.2) is 0 Å². The number of nitrogen functional groups attached to an aromatic ring is 1. The van der Waals surface area contributed by atoms with Crippen LogP contribution in [0.2, 0.25) is 0 Å². The smallest absolute Gasteiger partial charge is 0.416 e. The number of halogens is 3. The first-order chi connectivity index (χ1) is 9.90. The summed E-state index contributed by atoms with van der Waals surface area (Å²) in [4.78, 5) is 2.23. The lowest BCUT2D eigenvalue weighted by molar-refractivity contribution is -0.137. The zero-order valence-electron chi connectivity index (χ0n) is 11.8. The zero-order valence-corrected chi connectivity index (χ0v) is 11.8. The lowest BCUT2D eigenvalue weighted by Crippen LogP contribution is -2.44. The van der Waals surface area contributed by atoms with E-state index in [-0.39, 0.29) is 24.1 Å². The Hall–Kier alpha value is -1.47. The summed E-state index contributed by atoms with van der Waals surface area (Å²) in [5, 5.41) is 0. The lowest BCUT2D eigenvalue weighted by Gasteiger charge is -2.31. The quantitative estimate of drug-likeness (QED) is 0.868. The van der Waals surface area contributed by atoms with Crippen molar-refractivity contribution >= 4 is 5.69 Å². The Balaban J connectivity index is 1.94. The lowest BCUT2D eigenvalue weighted by atomic mass is 10.2. The molecule has 2 N–H and O–H groups in total. The number of nitrogens with zero attached hydrogens (tertiary/aromatic N) is 1. The molecule has 118 valence electrons. The molecule has 7 heteroatoms. The van der Waals surface area contributed by atoms with E-state index < -0.39 is 11.7 Å². The van der Waals surface area contributed by atoms with Crippen molar-refractivity contribution in [2.75, 3.05) is 38.6 Å². The average Bonchev–Trinajstić information content (AvgIpc) is 2.45. The number of rotatable bonds is 4. The van der Waals surface area contributed by atoms with Crippen LogP contribution in [0, 0.1) is 0 Å². The van der Waals surface area contributed by atoms with Crippen LogP contribution in [0.5, 0.6) is 5.75 Å². The average molecular weight is 304 g/mol. The first kappa shape index (κ1) is 15.9. The van der Waals surface area contributed by atoms with E-state index in [4.69, 9.17) is 15.2 Å². The van der Waals surface area contributed by atoms with Crippen molar-refractivity contribution in [3.05, 3.63) is 23.8 Å². The van der Waals surface area contributed by atoms with Crippen molar-refractivity contribution in [2.45, 2.75) is 19.2 Å². The number of hydrogen-bond donors (Lipinski definition) is 1. The Labute approximate surface area is 121 Å². The molecule has 21 heavy (non-hydrogen) atoms. The van der Waals surface area contributed by atoms with Crippen molar-refractivity contribution in [1.29, 1.82) is 0 Å². The first-order valence-electron chi connectivity index (χ1n) is 6.83. The number of benzene rings is 1. The normalized spacial score (nSPS) is 20.5. The van der Waals surface area contributed by atoms with Crippen molar-refractivity contribution in [3.63, 3.8) is 0 Å². The summed E-state index contributed by atoms with van der Waals surface area (Å²) in [7, 11) is 0. The van der Waals surface area contributed by atoms with E-state index in [0.717, 1.165) is 31.8 Å². The molecule has 1 aliphatic heterocycles. The van der Waals surface area contributed by atoms with Gasteiger partial charge in [-0.05, 0) is 24.7 Å². The van der Waals surface area contributed by atoms with Gasteiger partial charge in [0.25, 0.3) is 0 Å². The fourth-order valence-corrected chi connectivity index (χ4v) is 2.21. The van der Waals surface area contributed by atoms with Crippen LogP contribution in [-0.4, -0.2) is 43.9 Å². The second-order valence-electron chi connectivity index (χ2n) is 4.95. The fraction of sp³-hybridized carbons (Fsp3) is 0.571. The summed E-state index contributed by atoms with van der Waals surface area (Å²) in [6, 6.07) is 3.10. The van der Waals surface area contributed by atoms with Crippen molar-refractivity contribution in [1.82, 2.24) is 4.90 Å². The van der Waals surface area contributed by atoms with Crippen LogP contribution in [0.4, 0.5) is 18.9 Å². The molecule has 0 bridgehead atoms. The molecule has 0 radical (unpaired) electrons. The SMILES string of the molecule is CCN1CCOC(COc2ccc(C(F)(F)F)cc2N)C1. The van der Waals surface area contributed by atoms with Gasteiger partial charge in [-0.15, -0.1) is 0 Å². The molecule has 1 aromatic rings. The number of ether oxygens (including phenoxy) is 2. The maximum atomic E-state index is 12.5. The van der Waals surface area contributed by atoms with E-state index in [1.54, 1.807) is 0 Å². The predicted molar refractivity (Wildman–Crippen MR) is 73.2 cm³/mol. The largest absolute Gasteiger partial charge is 0.489 e. The maximum Gasteiger partial charge on any atom is 0.416 e. The molecule has 0 saturated carbocycles. The summed E-state index contributed by atoms with van der Waals surface area (Å²) in [5.41, 5.74) is 4.81. The summed E-state index contributed by atoms with van der Waals surface area (Å²) >= 11 is 0. The first-order valence-corrected chi connectivity index (χ1v) is 6.83. The van der Waals surface area contributed by atoms with Gasteiger partial charge in [0, 0.05) is 13.1 Å². The molecule has 1 heterocycles. The molecule has 1 unspecified atom stereocenters. The molecular formula is C14H19F3N2O2. The Kier molecular flexibility index (Phi) is 4.95. The number of likely N-dealkylation sites (N-methyl/N-ethyl adjacent to an activating group) is 1. The highest BCUT2D eigenvalue weighted by molar-refractivity contribution is 5.54. The van der Waals surface area contributed by atoms with E-state index >= 15 is 0 Å². The van der Waals surface area contributed by atoms with Crippen molar-refractivity contribution in [2.24, 2.45) is 0 Å². The summed E-state index contributed by atoms with van der Waals surface area (Å²) in [6.07, 6.45) is -4.50. The monoisotopic (exact) mass is 304 g/mol. The van der Waals surface area contributed by atoms with E-state index in [0.29, 0.717) is 6.61 Å². The van der Waals surface area contributed by atoms with Crippen LogP contribution in [-0.2, 0) is 10.9 Å². The second kappa shape index (κ2) is 6.53. The highest BCUT2D eigenvalue weighted by Crippen LogP contribution is 2.33. The predicted octanol–water partition coefficient (Wildman–Crippen LogP) is 2.39. The third-order valence-electron chi connectivity index (χ3n) is 3.43. The minimum atomic E-state index is -4.40. The van der Waals surface area contributed by atoms with Crippen LogP contribution in [0.15, 0.2) is 18.2 Å². The van der Waals surface area contributed by atoms with Crippen LogP contribution in [0.25, 0.3) is 0 Å². The number of anilines is 1. The topological polar surface area (TPSA) is 47.7 Å². The molecule has 1 aliphatic rings. The molecule has 1 saturated heterocycles. The Morgan fingerprint density at radius 3 is 2.81 bits per heavy atom. The van der Waals surface area contributed by atoms with Gasteiger partial charge >= 0.3 is 6.18 Å². The molecule has 2 rings (SSSR count). The van der Waals surface area contributed by atoms with Crippen LogP contribution in [0.3, 0.4) is 0 Å². The zero-order chi connectivity index (χ0) is 15.5. The fourth-order valence-electron chi connectivity index (χ4n) is 2.21. The molecular weight excluding hydrogens is 285 g/mol. The van der Waals surface area contributed by atoms with Crippen LogP contribution in [0.1, 0.15) is 12.5 Å². The second-order valence-corrected chi connectivity index (χ2v) is 4.95. The van der Waals surface area contributed by atoms with E-state index in [1.807, 2.05) is 0 Å². The molecule has 0 aromatic heterocycles. The third-order valence-corrected chi connectivity index (χ3v) is 3.43. The number of nitrogens with two attached hydrogens (primary N) is 1. The van der Waals surface area contributed by atoms with Crippen molar-refractivity contribution < 1.29 is 22.6 Å². The van der Waals surface area contributed by atoms with Gasteiger partial charge in [-0.3, -0.25) is 4.90 Å². The molecule has 0 aliphatic carbocycles. The van der Waals surface area contributed by atoms with E-state index in [1.165, 1.54) is 6.07 Å². The Morgan fingerprint density at radius 2 is 2.19 bits per heavy atom. The Bertz CT molecular complexity index is 480. The summed E-state index contributed by atoms with van der Waals surface area (Å²) < 4.78 is 48.7. The summed E-state index contributed by atoms with van der Waals surface area (Å²) in [6.45, 7) is 5.53. The summed E-state index contributed by atoms with van der Waals surface area (Å²) in [5.74, 6) is 0.250. The molecule has 1 aromatic carbocycles. The highest BCUT2D eigenvalue weighted by atomic mass is 19.4. The minimum Gasteiger partial charge on any atom is -0.489 e. The molecule has 0 spiro atoms. The third kappa shape index (κ3) is 4.25. The van der Waals surface area contributed by atoms with Gasteiger partial charge in [0.1, 0.15) is 18.5 Å².